The highest BCUT2D eigenvalue weighted by molar-refractivity contribution is 6.31. The summed E-state index contributed by atoms with van der Waals surface area (Å²) in [5, 5.41) is 14.8. The van der Waals surface area contributed by atoms with Gasteiger partial charge in [-0.05, 0) is 254 Å². The normalized spacial score (nSPS) is 12.7. The van der Waals surface area contributed by atoms with Crippen molar-refractivity contribution in [2.24, 2.45) is 16.6 Å². The number of pyridine rings is 4. The number of hydrogen-bond acceptors (Lipinski definition) is 22. The summed E-state index contributed by atoms with van der Waals surface area (Å²) >= 11 is 24.4. The van der Waals surface area contributed by atoms with Gasteiger partial charge in [-0.3, -0.25) is 4.79 Å². The van der Waals surface area contributed by atoms with Crippen molar-refractivity contribution in [1.29, 1.82) is 0 Å². The Balaban J connectivity index is 0.000000266. The van der Waals surface area contributed by atoms with Crippen LogP contribution in [0.5, 0.6) is 0 Å². The maximum Gasteiger partial charge on any atom is 0.358 e. The number of carboxylic acid groups (broad SMARTS) is 1. The van der Waals surface area contributed by atoms with Crippen molar-refractivity contribution in [2.75, 3.05) is 54.4 Å². The maximum atomic E-state index is 13.1. The molecule has 4 aromatic carbocycles. The summed E-state index contributed by atoms with van der Waals surface area (Å²) < 4.78 is 55.2. The average Bonchev–Trinajstić information content (AvgIpc) is 1.54. The van der Waals surface area contributed by atoms with Gasteiger partial charge in [0.1, 0.15) is 28.5 Å². The van der Waals surface area contributed by atoms with Gasteiger partial charge >= 0.3 is 35.8 Å². The third kappa shape index (κ3) is 27.9. The lowest BCUT2D eigenvalue weighted by Gasteiger charge is -2.29. The molecule has 7 heterocycles. The molecule has 0 saturated carbocycles. The van der Waals surface area contributed by atoms with Gasteiger partial charge in [-0.15, -0.1) is 0 Å². The molecule has 1 amide bonds. The van der Waals surface area contributed by atoms with Crippen LogP contribution in [0, 0.1) is 66.2 Å². The van der Waals surface area contributed by atoms with Gasteiger partial charge in [0.2, 0.25) is 0 Å². The number of ether oxygens (including phenoxy) is 9. The summed E-state index contributed by atoms with van der Waals surface area (Å²) in [4.78, 5) is 106. The predicted molar refractivity (Wildman–Crippen MR) is 522 cm³/mol. The van der Waals surface area contributed by atoms with Crippen LogP contribution in [0.15, 0.2) is 116 Å². The molecule has 132 heavy (non-hydrogen) atoms. The van der Waals surface area contributed by atoms with E-state index in [-0.39, 0.29) is 30.1 Å². The first kappa shape index (κ1) is 110. The largest absolute Gasteiger partial charge is 0.476 e. The lowest BCUT2D eigenvalue weighted by molar-refractivity contribution is -0.164. The Kier molecular flexibility index (Phi) is 37.3. The fraction of sp³-hybridized carbons (Fsp3) is 0.436. The van der Waals surface area contributed by atoms with Crippen LogP contribution < -0.4 is 16.8 Å². The van der Waals surface area contributed by atoms with E-state index >= 15 is 0 Å². The third-order valence-corrected chi connectivity index (χ3v) is 21.4. The number of carbonyl (C=O) groups is 7. The topological polar surface area (TPSA) is 352 Å². The SMILES string of the molecule is C.CC(C)(C)CN.COC(=O)[C@@H](OC(C)(C)C)c1c(-c2ccc(Cl)cc2)c(C)c2nc(C(=O)NCC(C)(C)C)cn2c1C.COC(=O)[C@@H](OC(C)(C)C)c1c(-c2ccc(Cl)cc2)c(C)c2nc(C(=O)O)cn2c1C.COC(=O)[C@@H](OC(C)(C)C)c1c(C)nc(N)c(C)c1-c1ccc(Cl)cc1.COC(=O)c1cn2c(C)c([C@H](OC(C)(C)C)C(=O)OC)c(-c3ccc(Cl)cc3)c(C)c2n1. The number of nitrogens with one attached hydrogen (secondary N) is 1. The van der Waals surface area contributed by atoms with Crippen LogP contribution in [0.3, 0.4) is 0 Å². The number of fused-ring (bicyclic) bond motifs is 3. The van der Waals surface area contributed by atoms with Crippen molar-refractivity contribution in [2.45, 2.75) is 234 Å². The van der Waals surface area contributed by atoms with E-state index in [1.54, 1.807) is 76.6 Å². The number of benzene rings is 4. The van der Waals surface area contributed by atoms with Crippen LogP contribution in [0.4, 0.5) is 5.82 Å². The number of nitrogen functional groups attached to an aromatic ring is 1. The number of aromatic carboxylic acids is 1. The van der Waals surface area contributed by atoms with Crippen molar-refractivity contribution in [3.63, 3.8) is 0 Å². The van der Waals surface area contributed by atoms with E-state index in [4.69, 9.17) is 101 Å². The van der Waals surface area contributed by atoms with E-state index in [0.29, 0.717) is 105 Å². The number of esters is 5. The van der Waals surface area contributed by atoms with E-state index in [9.17, 15) is 38.7 Å². The second kappa shape index (κ2) is 44.8. The molecule has 0 aliphatic heterocycles. The third-order valence-electron chi connectivity index (χ3n) is 20.4. The second-order valence-electron chi connectivity index (χ2n) is 37.8. The van der Waals surface area contributed by atoms with Crippen LogP contribution in [0.1, 0.15) is 255 Å². The smallest absolute Gasteiger partial charge is 0.358 e. The minimum absolute atomic E-state index is 0. The Morgan fingerprint density at radius 2 is 0.629 bits per heavy atom. The number of carbonyl (C=O) groups excluding carboxylic acids is 6. The molecule has 4 atom stereocenters. The van der Waals surface area contributed by atoms with Crippen LogP contribution in [0.2, 0.25) is 20.1 Å². The highest BCUT2D eigenvalue weighted by Gasteiger charge is 2.40. The zero-order valence-electron chi connectivity index (χ0n) is 81.0. The lowest BCUT2D eigenvalue weighted by Crippen LogP contribution is -2.32. The molecule has 0 aliphatic carbocycles. The molecule has 6 N–H and O–H groups in total. The Morgan fingerprint density at radius 3 is 0.879 bits per heavy atom. The average molecular weight is 1900 g/mol. The lowest BCUT2D eigenvalue weighted by atomic mass is 9.91. The van der Waals surface area contributed by atoms with Gasteiger partial charge in [-0.2, -0.15) is 0 Å². The van der Waals surface area contributed by atoms with Gasteiger partial charge in [0.05, 0.1) is 58.0 Å². The van der Waals surface area contributed by atoms with Crippen LogP contribution in [-0.4, -0.2) is 151 Å². The van der Waals surface area contributed by atoms with E-state index < -0.39 is 82.6 Å². The first-order valence-corrected chi connectivity index (χ1v) is 43.9. The molecule has 0 bridgehead atoms. The highest BCUT2D eigenvalue weighted by atomic mass is 35.5. The standard InChI is InChI=1S/C28H36ClN3O4.C24H27ClN2O5.C23H25ClN2O5.C20H25ClN2O3.C5H13N.CH4/c1-16-21(18-10-12-19(29)13-11-18)22(23(26(34)35-9)36-28(6,7)8)17(2)32-14-20(31-24(16)32)25(33)30-15-27(3,4)5;1-13-18(15-8-10-16(25)11-9-15)19(20(23(29)31-7)32-24(3,4)5)14(2)27-12-17(22(28)30-6)26-21(13)27;1-12-17(14-7-9-15(24)10-8-14)18(19(22(29)30-6)31-23(3,4)5)13(2)26-11-16(21(27)28)25-20(12)26;1-11-15(13-7-9-14(21)10-8-13)16(12(2)23-18(11)22)17(19(24)25-6)26-20(3,4)5;1-5(2,3)4-6;/h10-14,23H,15H2,1-9H3,(H,30,33);8-12,20H,1-7H3;7-11,19H,1-6H3,(H,27,28);7-10,17H,1-6H3,(H2,22,23);4,6H2,1-3H3;1H4/t23-;20-;19-;17-;;/m0000../s1. The summed E-state index contributed by atoms with van der Waals surface area (Å²) in [6.45, 7) is 51.2. The molecule has 11 rings (SSSR count). The van der Waals surface area contributed by atoms with Gasteiger partial charge in [-0.1, -0.05) is 144 Å². The van der Waals surface area contributed by atoms with Crippen LogP contribution in [0.25, 0.3) is 61.4 Å². The summed E-state index contributed by atoms with van der Waals surface area (Å²) in [6.07, 6.45) is 0.801. The van der Waals surface area contributed by atoms with E-state index in [1.165, 1.54) is 41.7 Å². The molecule has 0 radical (unpaired) electrons. The number of hydrogen-bond donors (Lipinski definition) is 4. The van der Waals surface area contributed by atoms with Crippen LogP contribution in [-0.2, 0) is 61.8 Å². The van der Waals surface area contributed by atoms with Crippen molar-refractivity contribution < 1.29 is 81.3 Å². The molecule has 31 heteroatoms. The van der Waals surface area contributed by atoms with Gasteiger partial charge in [0.15, 0.2) is 35.8 Å². The van der Waals surface area contributed by atoms with Crippen molar-refractivity contribution >= 4 is 111 Å². The quantitative estimate of drug-likeness (QED) is 0.0407. The zero-order valence-corrected chi connectivity index (χ0v) is 84.0. The Hall–Kier alpha value is -10.9. The van der Waals surface area contributed by atoms with E-state index in [2.05, 4.69) is 66.8 Å². The minimum Gasteiger partial charge on any atom is -0.476 e. The zero-order chi connectivity index (χ0) is 98.7. The highest BCUT2D eigenvalue weighted by Crippen LogP contribution is 2.46. The Morgan fingerprint density at radius 1 is 0.379 bits per heavy atom. The molecule has 0 saturated heterocycles. The molecule has 0 aliphatic rings. The fourth-order valence-electron chi connectivity index (χ4n) is 14.2. The van der Waals surface area contributed by atoms with Gasteiger partial charge in [0, 0.05) is 107 Å². The summed E-state index contributed by atoms with van der Waals surface area (Å²) in [7, 11) is 6.64. The van der Waals surface area contributed by atoms with Crippen molar-refractivity contribution in [1.82, 2.24) is 38.5 Å². The fourth-order valence-corrected chi connectivity index (χ4v) is 14.7. The first-order valence-electron chi connectivity index (χ1n) is 42.4. The molecule has 11 aromatic rings. The number of methoxy groups -OCH3 is 5. The number of anilines is 1. The van der Waals surface area contributed by atoms with Crippen LogP contribution >= 0.6 is 46.4 Å². The summed E-state index contributed by atoms with van der Waals surface area (Å²) in [5.41, 5.74) is 26.0. The Labute approximate surface area is 795 Å². The van der Waals surface area contributed by atoms with Gasteiger partial charge in [-0.25, -0.2) is 48.7 Å². The maximum absolute atomic E-state index is 13.1. The van der Waals surface area contributed by atoms with Crippen molar-refractivity contribution in [3.8, 4) is 44.5 Å². The molecule has 0 unspecified atom stereocenters. The summed E-state index contributed by atoms with van der Waals surface area (Å²) in [6, 6.07) is 29.3. The second-order valence-corrected chi connectivity index (χ2v) is 39.6. The number of nitrogens with two attached hydrogens (primary N) is 2. The Bertz CT molecular complexity index is 5980. The number of halogens is 4. The monoisotopic (exact) mass is 1890 g/mol. The summed E-state index contributed by atoms with van der Waals surface area (Å²) in [5.74, 6) is -3.58. The number of imidazole rings is 3. The molecule has 27 nitrogen and oxygen atoms in total. The molecule has 0 fully saturated rings. The molecular formula is C101H130Cl4N10O17. The number of carboxylic acids is 1. The van der Waals surface area contributed by atoms with E-state index in [1.807, 2.05) is 184 Å². The number of nitrogens with zero attached hydrogens (tertiary/aromatic N) is 7. The first-order chi connectivity index (χ1) is 60.7. The van der Waals surface area contributed by atoms with Gasteiger partial charge < -0.3 is 77.7 Å². The number of aryl methyl sites for hydroxylation is 7. The van der Waals surface area contributed by atoms with E-state index in [0.717, 1.165) is 73.4 Å². The van der Waals surface area contributed by atoms with Gasteiger partial charge in [0.25, 0.3) is 5.91 Å². The molecular weight excluding hydrogens is 1770 g/mol. The molecule has 7 aromatic heterocycles. The number of rotatable bonds is 20. The van der Waals surface area contributed by atoms with Crippen molar-refractivity contribution in [3.05, 3.63) is 220 Å². The predicted octanol–water partition coefficient (Wildman–Crippen LogP) is 22.4. The number of aromatic nitrogens is 7. The molecule has 0 spiro atoms. The number of amides is 1. The minimum atomic E-state index is -1.13. The molecule has 714 valence electrons.